The Morgan fingerprint density at radius 2 is 1.44 bits per heavy atom. The Morgan fingerprint density at radius 1 is 1.06 bits per heavy atom. The van der Waals surface area contributed by atoms with E-state index in [1.54, 1.807) is 0 Å². The van der Waals surface area contributed by atoms with Crippen LogP contribution in [0.15, 0.2) is 47.6 Å². The molecule has 0 spiro atoms. The van der Waals surface area contributed by atoms with Gasteiger partial charge in [-0.2, -0.15) is 0 Å². The summed E-state index contributed by atoms with van der Waals surface area (Å²) in [5.41, 5.74) is 5.72. The van der Waals surface area contributed by atoms with Gasteiger partial charge in [0.1, 0.15) is 0 Å². The summed E-state index contributed by atoms with van der Waals surface area (Å²) in [5.74, 6) is 0.575. The molecule has 88 valence electrons. The van der Waals surface area contributed by atoms with E-state index in [-0.39, 0.29) is 5.41 Å². The van der Waals surface area contributed by atoms with Gasteiger partial charge in [0.2, 0.25) is 0 Å². The summed E-state index contributed by atoms with van der Waals surface area (Å²) in [4.78, 5) is 0. The van der Waals surface area contributed by atoms with Crippen LogP contribution in [-0.2, 0) is 0 Å². The summed E-state index contributed by atoms with van der Waals surface area (Å²) in [5, 5.41) is 0. The number of hydrogen-bond acceptors (Lipinski definition) is 0. The molecular weight excluding hydrogens is 192 g/mol. The maximum atomic E-state index is 4.00. The van der Waals surface area contributed by atoms with Crippen molar-refractivity contribution >= 4 is 0 Å². The summed E-state index contributed by atoms with van der Waals surface area (Å²) < 4.78 is 0. The minimum absolute atomic E-state index is 0.137. The van der Waals surface area contributed by atoms with E-state index in [0.717, 1.165) is 6.42 Å². The standard InChI is InChI=1S/C16H24/c1-8-14-12(6)13(7)15(9-2)16(14,10-3)11(4)5/h8-9,11H,1-2,10H2,3-7H3. The van der Waals surface area contributed by atoms with E-state index in [2.05, 4.69) is 47.8 Å². The lowest BCUT2D eigenvalue weighted by Gasteiger charge is -2.37. The molecule has 1 aliphatic rings. The summed E-state index contributed by atoms with van der Waals surface area (Å²) in [6.07, 6.45) is 5.19. The predicted molar refractivity (Wildman–Crippen MR) is 73.4 cm³/mol. The van der Waals surface area contributed by atoms with Crippen LogP contribution in [0.5, 0.6) is 0 Å². The van der Waals surface area contributed by atoms with Gasteiger partial charge in [0.05, 0.1) is 0 Å². The highest BCUT2D eigenvalue weighted by molar-refractivity contribution is 5.59. The van der Waals surface area contributed by atoms with Crippen molar-refractivity contribution in [3.63, 3.8) is 0 Å². The minimum atomic E-state index is 0.137. The molecule has 0 amide bonds. The molecule has 0 aromatic heterocycles. The highest BCUT2D eigenvalue weighted by Gasteiger charge is 2.42. The van der Waals surface area contributed by atoms with Gasteiger partial charge in [-0.15, -0.1) is 0 Å². The molecular formula is C16H24. The highest BCUT2D eigenvalue weighted by Crippen LogP contribution is 2.54. The first-order chi connectivity index (χ1) is 7.47. The molecule has 0 unspecified atom stereocenters. The highest BCUT2D eigenvalue weighted by atomic mass is 14.5. The molecule has 0 fully saturated rings. The van der Waals surface area contributed by atoms with E-state index in [0.29, 0.717) is 5.92 Å². The zero-order chi connectivity index (χ0) is 12.5. The maximum absolute atomic E-state index is 4.00. The number of rotatable bonds is 4. The Bertz CT molecular complexity index is 345. The first-order valence-corrected chi connectivity index (χ1v) is 6.15. The number of allylic oxidation sites excluding steroid dienone is 6. The van der Waals surface area contributed by atoms with Gasteiger partial charge in [0.25, 0.3) is 0 Å². The van der Waals surface area contributed by atoms with Crippen LogP contribution in [0.3, 0.4) is 0 Å². The first-order valence-electron chi connectivity index (χ1n) is 6.15. The fourth-order valence-electron chi connectivity index (χ4n) is 3.30. The largest absolute Gasteiger partial charge is 0.0987 e. The summed E-state index contributed by atoms with van der Waals surface area (Å²) >= 11 is 0. The van der Waals surface area contributed by atoms with Crippen LogP contribution in [0.1, 0.15) is 41.0 Å². The average Bonchev–Trinajstić information content (AvgIpc) is 2.48. The summed E-state index contributed by atoms with van der Waals surface area (Å²) in [6, 6.07) is 0. The van der Waals surface area contributed by atoms with Gasteiger partial charge >= 0.3 is 0 Å². The van der Waals surface area contributed by atoms with Gasteiger partial charge in [-0.3, -0.25) is 0 Å². The van der Waals surface area contributed by atoms with Crippen LogP contribution in [-0.4, -0.2) is 0 Å². The Kier molecular flexibility index (Phi) is 3.62. The molecule has 0 aliphatic heterocycles. The Balaban J connectivity index is 3.56. The van der Waals surface area contributed by atoms with E-state index in [4.69, 9.17) is 0 Å². The van der Waals surface area contributed by atoms with Gasteiger partial charge in [-0.25, -0.2) is 0 Å². The molecule has 16 heavy (non-hydrogen) atoms. The quantitative estimate of drug-likeness (QED) is 0.616. The molecule has 0 saturated heterocycles. The summed E-state index contributed by atoms with van der Waals surface area (Å²) in [6.45, 7) is 19.3. The molecule has 0 N–H and O–H groups in total. The molecule has 1 aliphatic carbocycles. The van der Waals surface area contributed by atoms with Crippen molar-refractivity contribution in [2.75, 3.05) is 0 Å². The fraction of sp³-hybridized carbons (Fsp3) is 0.500. The van der Waals surface area contributed by atoms with Gasteiger partial charge in [0.15, 0.2) is 0 Å². The van der Waals surface area contributed by atoms with E-state index in [1.807, 2.05) is 12.2 Å². The van der Waals surface area contributed by atoms with Gasteiger partial charge in [0, 0.05) is 5.41 Å². The first kappa shape index (κ1) is 13.0. The Hall–Kier alpha value is -1.04. The van der Waals surface area contributed by atoms with Crippen LogP contribution < -0.4 is 0 Å². The molecule has 0 atom stereocenters. The van der Waals surface area contributed by atoms with Crippen LogP contribution >= 0.6 is 0 Å². The van der Waals surface area contributed by atoms with Crippen LogP contribution in [0.2, 0.25) is 0 Å². The smallest absolute Gasteiger partial charge is 0.0228 e. The molecule has 0 heterocycles. The Morgan fingerprint density at radius 3 is 1.62 bits per heavy atom. The monoisotopic (exact) mass is 216 g/mol. The van der Waals surface area contributed by atoms with Crippen LogP contribution in [0, 0.1) is 11.3 Å². The maximum Gasteiger partial charge on any atom is 0.0228 e. The van der Waals surface area contributed by atoms with Crippen molar-refractivity contribution in [2.24, 2.45) is 11.3 Å². The van der Waals surface area contributed by atoms with Crippen LogP contribution in [0.4, 0.5) is 0 Å². The number of hydrogen-bond donors (Lipinski definition) is 0. The second kappa shape index (κ2) is 4.45. The van der Waals surface area contributed by atoms with Crippen molar-refractivity contribution in [3.8, 4) is 0 Å². The van der Waals surface area contributed by atoms with Crippen molar-refractivity contribution in [2.45, 2.75) is 41.0 Å². The van der Waals surface area contributed by atoms with E-state index < -0.39 is 0 Å². The predicted octanol–water partition coefficient (Wildman–Crippen LogP) is 5.06. The molecule has 0 radical (unpaired) electrons. The van der Waals surface area contributed by atoms with Gasteiger partial charge < -0.3 is 0 Å². The van der Waals surface area contributed by atoms with Crippen molar-refractivity contribution in [3.05, 3.63) is 47.6 Å². The van der Waals surface area contributed by atoms with Gasteiger partial charge in [-0.05, 0) is 48.5 Å². The molecule has 0 aromatic carbocycles. The Labute approximate surface area is 100 Å². The molecule has 1 rings (SSSR count). The third kappa shape index (κ3) is 1.43. The van der Waals surface area contributed by atoms with E-state index >= 15 is 0 Å². The lowest BCUT2D eigenvalue weighted by molar-refractivity contribution is 0.308. The molecule has 0 heteroatoms. The molecule has 0 saturated carbocycles. The second-order valence-electron chi connectivity index (χ2n) is 4.97. The lowest BCUT2D eigenvalue weighted by Crippen LogP contribution is -2.28. The average molecular weight is 216 g/mol. The van der Waals surface area contributed by atoms with E-state index in [9.17, 15) is 0 Å². The molecule has 0 aromatic rings. The van der Waals surface area contributed by atoms with Crippen molar-refractivity contribution in [1.29, 1.82) is 0 Å². The molecule has 0 nitrogen and oxygen atoms in total. The third-order valence-electron chi connectivity index (χ3n) is 4.28. The van der Waals surface area contributed by atoms with Gasteiger partial charge in [-0.1, -0.05) is 46.1 Å². The minimum Gasteiger partial charge on any atom is -0.0987 e. The van der Waals surface area contributed by atoms with Crippen molar-refractivity contribution < 1.29 is 0 Å². The van der Waals surface area contributed by atoms with E-state index in [1.165, 1.54) is 22.3 Å². The zero-order valence-electron chi connectivity index (χ0n) is 11.4. The fourth-order valence-corrected chi connectivity index (χ4v) is 3.30. The molecule has 0 bridgehead atoms. The normalized spacial score (nSPS) is 19.6. The third-order valence-corrected chi connectivity index (χ3v) is 4.28. The van der Waals surface area contributed by atoms with Crippen LogP contribution in [0.25, 0.3) is 0 Å². The zero-order valence-corrected chi connectivity index (χ0v) is 11.4. The summed E-state index contributed by atoms with van der Waals surface area (Å²) in [7, 11) is 0. The second-order valence-corrected chi connectivity index (χ2v) is 4.97. The SMILES string of the molecule is C=CC1=C(C)C(C)=C(C=C)C1(CC)C(C)C. The topological polar surface area (TPSA) is 0 Å². The lowest BCUT2D eigenvalue weighted by atomic mass is 9.66. The van der Waals surface area contributed by atoms with Crippen molar-refractivity contribution in [1.82, 2.24) is 0 Å².